The molecule has 0 unspecified atom stereocenters. The van der Waals surface area contributed by atoms with Gasteiger partial charge in [0.2, 0.25) is 0 Å². The Bertz CT molecular complexity index is 605. The third kappa shape index (κ3) is 4.96. The van der Waals surface area contributed by atoms with E-state index in [1.807, 2.05) is 6.20 Å². The van der Waals surface area contributed by atoms with Crippen molar-refractivity contribution in [3.05, 3.63) is 36.7 Å². The molecule has 0 aliphatic carbocycles. The van der Waals surface area contributed by atoms with Gasteiger partial charge in [-0.3, -0.25) is 9.97 Å². The number of hydrogen-bond acceptors (Lipinski definition) is 6. The highest BCUT2D eigenvalue weighted by Crippen LogP contribution is 2.21. The normalized spacial score (nSPS) is 16.5. The molecule has 3 rings (SSSR count). The van der Waals surface area contributed by atoms with E-state index in [9.17, 15) is 0 Å². The first-order chi connectivity index (χ1) is 11.7. The molecule has 0 amide bonds. The van der Waals surface area contributed by atoms with Crippen molar-refractivity contribution in [1.29, 1.82) is 0 Å². The maximum atomic E-state index is 4.55. The van der Waals surface area contributed by atoms with Gasteiger partial charge in [0, 0.05) is 18.9 Å². The fraction of sp³-hybridized carbons (Fsp3) is 0.556. The molecule has 1 aliphatic rings. The highest BCUT2D eigenvalue weighted by Gasteiger charge is 2.20. The lowest BCUT2D eigenvalue weighted by molar-refractivity contribution is 0.167. The van der Waals surface area contributed by atoms with Crippen molar-refractivity contribution >= 4 is 11.6 Å². The van der Waals surface area contributed by atoms with Crippen LogP contribution in [0.15, 0.2) is 31.0 Å². The molecule has 1 N–H and O–H groups in total. The van der Waals surface area contributed by atoms with Gasteiger partial charge in [-0.2, -0.15) is 0 Å². The van der Waals surface area contributed by atoms with Crippen molar-refractivity contribution < 1.29 is 0 Å². The Balaban J connectivity index is 1.48. The Kier molecular flexibility index (Phi) is 5.69. The SMILES string of the molecule is CC(C)CN1CCC(Cc2cnc(Nc3cnccn3)cn2)CC1. The summed E-state index contributed by atoms with van der Waals surface area (Å²) in [5.74, 6) is 2.85. The molecular formula is C18H26N6. The minimum Gasteiger partial charge on any atom is -0.322 e. The number of anilines is 2. The number of nitrogens with zero attached hydrogens (tertiary/aromatic N) is 5. The van der Waals surface area contributed by atoms with E-state index in [0.29, 0.717) is 11.6 Å². The summed E-state index contributed by atoms with van der Waals surface area (Å²) >= 11 is 0. The fourth-order valence-corrected chi connectivity index (χ4v) is 3.20. The number of piperidine rings is 1. The molecule has 128 valence electrons. The van der Waals surface area contributed by atoms with Crippen LogP contribution < -0.4 is 5.32 Å². The number of aromatic nitrogens is 4. The molecule has 2 aromatic rings. The molecule has 1 aliphatic heterocycles. The van der Waals surface area contributed by atoms with Crippen LogP contribution in [0.25, 0.3) is 0 Å². The van der Waals surface area contributed by atoms with Crippen LogP contribution in [0.5, 0.6) is 0 Å². The molecular weight excluding hydrogens is 300 g/mol. The Hall–Kier alpha value is -2.08. The van der Waals surface area contributed by atoms with E-state index in [2.05, 4.69) is 44.0 Å². The summed E-state index contributed by atoms with van der Waals surface area (Å²) < 4.78 is 0. The van der Waals surface area contributed by atoms with Gasteiger partial charge in [-0.15, -0.1) is 0 Å². The summed E-state index contributed by atoms with van der Waals surface area (Å²) in [4.78, 5) is 19.8. The standard InChI is InChI=1S/C18H26N6/c1-14(2)13-24-7-3-15(4-8-24)9-16-10-22-18(12-21-16)23-17-11-19-5-6-20-17/h5-6,10-12,14-15H,3-4,7-9,13H2,1-2H3,(H,20,22,23). The van der Waals surface area contributed by atoms with E-state index < -0.39 is 0 Å². The summed E-state index contributed by atoms with van der Waals surface area (Å²) in [6.45, 7) is 8.22. The van der Waals surface area contributed by atoms with Crippen molar-refractivity contribution in [1.82, 2.24) is 24.8 Å². The minimum absolute atomic E-state index is 0.678. The van der Waals surface area contributed by atoms with Gasteiger partial charge in [-0.05, 0) is 44.2 Å². The Labute approximate surface area is 143 Å². The molecule has 0 aromatic carbocycles. The van der Waals surface area contributed by atoms with Gasteiger partial charge in [0.15, 0.2) is 0 Å². The van der Waals surface area contributed by atoms with Gasteiger partial charge >= 0.3 is 0 Å². The second-order valence-electron chi connectivity index (χ2n) is 6.95. The third-order valence-electron chi connectivity index (χ3n) is 4.35. The zero-order valence-electron chi connectivity index (χ0n) is 14.5. The highest BCUT2D eigenvalue weighted by molar-refractivity contribution is 5.48. The van der Waals surface area contributed by atoms with E-state index in [1.54, 1.807) is 24.8 Å². The summed E-state index contributed by atoms with van der Waals surface area (Å²) in [5.41, 5.74) is 1.07. The highest BCUT2D eigenvalue weighted by atomic mass is 15.1. The van der Waals surface area contributed by atoms with E-state index >= 15 is 0 Å². The molecule has 0 atom stereocenters. The molecule has 2 aromatic heterocycles. The van der Waals surface area contributed by atoms with Gasteiger partial charge in [-0.1, -0.05) is 13.8 Å². The molecule has 0 spiro atoms. The molecule has 0 bridgehead atoms. The largest absolute Gasteiger partial charge is 0.322 e. The van der Waals surface area contributed by atoms with Crippen LogP contribution in [0, 0.1) is 11.8 Å². The maximum Gasteiger partial charge on any atom is 0.150 e. The fourth-order valence-electron chi connectivity index (χ4n) is 3.20. The van der Waals surface area contributed by atoms with Crippen LogP contribution in [0.2, 0.25) is 0 Å². The molecule has 1 fully saturated rings. The predicted molar refractivity (Wildman–Crippen MR) is 95.1 cm³/mol. The lowest BCUT2D eigenvalue weighted by Gasteiger charge is -2.32. The van der Waals surface area contributed by atoms with E-state index in [1.165, 1.54) is 32.5 Å². The molecule has 0 saturated carbocycles. The van der Waals surface area contributed by atoms with Crippen molar-refractivity contribution in [3.63, 3.8) is 0 Å². The van der Waals surface area contributed by atoms with Crippen molar-refractivity contribution in [2.75, 3.05) is 25.0 Å². The zero-order valence-corrected chi connectivity index (χ0v) is 14.5. The Morgan fingerprint density at radius 3 is 2.46 bits per heavy atom. The predicted octanol–water partition coefficient (Wildman–Crippen LogP) is 2.92. The smallest absolute Gasteiger partial charge is 0.150 e. The minimum atomic E-state index is 0.678. The summed E-state index contributed by atoms with van der Waals surface area (Å²) in [6, 6.07) is 0. The first-order valence-electron chi connectivity index (χ1n) is 8.75. The Morgan fingerprint density at radius 2 is 1.83 bits per heavy atom. The van der Waals surface area contributed by atoms with Crippen LogP contribution in [0.1, 0.15) is 32.4 Å². The molecule has 6 heteroatoms. The molecule has 1 saturated heterocycles. The van der Waals surface area contributed by atoms with E-state index in [0.717, 1.165) is 24.0 Å². The number of nitrogens with one attached hydrogen (secondary N) is 1. The van der Waals surface area contributed by atoms with Crippen molar-refractivity contribution in [2.24, 2.45) is 11.8 Å². The first-order valence-corrected chi connectivity index (χ1v) is 8.75. The molecule has 6 nitrogen and oxygen atoms in total. The van der Waals surface area contributed by atoms with Gasteiger partial charge < -0.3 is 10.2 Å². The third-order valence-corrected chi connectivity index (χ3v) is 4.35. The maximum absolute atomic E-state index is 4.55. The van der Waals surface area contributed by atoms with Crippen molar-refractivity contribution in [3.8, 4) is 0 Å². The van der Waals surface area contributed by atoms with Gasteiger partial charge in [-0.25, -0.2) is 9.97 Å². The molecule has 0 radical (unpaired) electrons. The topological polar surface area (TPSA) is 66.8 Å². The summed E-state index contributed by atoms with van der Waals surface area (Å²) in [7, 11) is 0. The van der Waals surface area contributed by atoms with Crippen LogP contribution in [-0.4, -0.2) is 44.5 Å². The van der Waals surface area contributed by atoms with E-state index in [4.69, 9.17) is 0 Å². The van der Waals surface area contributed by atoms with Gasteiger partial charge in [0.1, 0.15) is 11.6 Å². The first kappa shape index (κ1) is 16.8. The second-order valence-corrected chi connectivity index (χ2v) is 6.95. The summed E-state index contributed by atoms with van der Waals surface area (Å²) in [5, 5.41) is 3.10. The lowest BCUT2D eigenvalue weighted by Crippen LogP contribution is -2.36. The van der Waals surface area contributed by atoms with Crippen LogP contribution in [-0.2, 0) is 6.42 Å². The van der Waals surface area contributed by atoms with Crippen LogP contribution in [0.3, 0.4) is 0 Å². The molecule has 24 heavy (non-hydrogen) atoms. The zero-order chi connectivity index (χ0) is 16.8. The summed E-state index contributed by atoms with van der Waals surface area (Å²) in [6.07, 6.45) is 12.1. The monoisotopic (exact) mass is 326 g/mol. The lowest BCUT2D eigenvalue weighted by atomic mass is 9.92. The van der Waals surface area contributed by atoms with Gasteiger partial charge in [0.05, 0.1) is 24.3 Å². The van der Waals surface area contributed by atoms with Gasteiger partial charge in [0.25, 0.3) is 0 Å². The van der Waals surface area contributed by atoms with Crippen LogP contribution in [0.4, 0.5) is 11.6 Å². The van der Waals surface area contributed by atoms with E-state index in [-0.39, 0.29) is 0 Å². The average molecular weight is 326 g/mol. The van der Waals surface area contributed by atoms with Crippen LogP contribution >= 0.6 is 0 Å². The average Bonchev–Trinajstić information content (AvgIpc) is 2.59. The number of likely N-dealkylation sites (tertiary alicyclic amines) is 1. The van der Waals surface area contributed by atoms with Crippen molar-refractivity contribution in [2.45, 2.75) is 33.1 Å². The Morgan fingerprint density at radius 1 is 1.04 bits per heavy atom. The number of hydrogen-bond donors (Lipinski definition) is 1. The second kappa shape index (κ2) is 8.15. The quantitative estimate of drug-likeness (QED) is 0.880. The molecule has 3 heterocycles. The number of rotatable bonds is 6.